The smallest absolute Gasteiger partial charge is 0.243 e. The van der Waals surface area contributed by atoms with E-state index in [4.69, 9.17) is 17.0 Å². The van der Waals surface area contributed by atoms with Crippen LogP contribution in [0.3, 0.4) is 0 Å². The lowest BCUT2D eigenvalue weighted by Crippen LogP contribution is -2.40. The Hall–Kier alpha value is -2.27. The summed E-state index contributed by atoms with van der Waals surface area (Å²) in [6.07, 6.45) is 1.69. The van der Waals surface area contributed by atoms with Crippen molar-refractivity contribution in [2.45, 2.75) is 18.7 Å². The number of nitrogens with one attached hydrogen (secondary N) is 2. The molecule has 2 N–H and O–H groups in total. The van der Waals surface area contributed by atoms with Gasteiger partial charge in [0.2, 0.25) is 10.0 Å². The van der Waals surface area contributed by atoms with Crippen molar-refractivity contribution < 1.29 is 13.2 Å². The van der Waals surface area contributed by atoms with E-state index in [-0.39, 0.29) is 4.90 Å². The molecule has 1 saturated heterocycles. The minimum atomic E-state index is -3.56. The third-order valence-corrected chi connectivity index (χ3v) is 6.94. The van der Waals surface area contributed by atoms with Gasteiger partial charge in [-0.3, -0.25) is 5.43 Å². The van der Waals surface area contributed by atoms with Gasteiger partial charge in [0.1, 0.15) is 0 Å². The second kappa shape index (κ2) is 9.04. The molecule has 0 amide bonds. The topological polar surface area (TPSA) is 88.0 Å². The van der Waals surface area contributed by atoms with Gasteiger partial charge in [-0.2, -0.15) is 9.41 Å². The first kappa shape index (κ1) is 21.4. The number of hydrogen-bond acceptors (Lipinski definition) is 5. The Morgan fingerprint density at radius 1 is 1.24 bits per heavy atom. The third kappa shape index (κ3) is 4.67. The molecule has 3 rings (SSSR count). The maximum absolute atomic E-state index is 13.0. The average molecular weight is 436 g/mol. The number of ether oxygens (including phenoxy) is 1. The van der Waals surface area contributed by atoms with Gasteiger partial charge < -0.3 is 14.6 Å². The lowest BCUT2D eigenvalue weighted by atomic mass is 10.2. The highest BCUT2D eigenvalue weighted by Crippen LogP contribution is 2.24. The quantitative estimate of drug-likeness (QED) is 0.421. The number of hydrazone groups is 1. The van der Waals surface area contributed by atoms with Gasteiger partial charge in [-0.25, -0.2) is 8.42 Å². The van der Waals surface area contributed by atoms with Crippen LogP contribution in [-0.2, 0) is 14.8 Å². The Morgan fingerprint density at radius 3 is 2.66 bits per heavy atom. The maximum atomic E-state index is 13.0. The van der Waals surface area contributed by atoms with E-state index in [1.54, 1.807) is 31.5 Å². The summed E-state index contributed by atoms with van der Waals surface area (Å²) in [4.78, 5) is 0.278. The van der Waals surface area contributed by atoms with Crippen LogP contribution < -0.4 is 10.7 Å². The van der Waals surface area contributed by atoms with Crippen molar-refractivity contribution in [3.8, 4) is 5.69 Å². The summed E-state index contributed by atoms with van der Waals surface area (Å²) >= 11 is 5.00. The molecule has 0 saturated carbocycles. The van der Waals surface area contributed by atoms with Crippen LogP contribution in [0, 0.1) is 13.8 Å². The van der Waals surface area contributed by atoms with E-state index in [1.807, 2.05) is 30.5 Å². The first-order valence-corrected chi connectivity index (χ1v) is 11.1. The first-order valence-electron chi connectivity index (χ1n) is 9.22. The first-order chi connectivity index (χ1) is 13.8. The van der Waals surface area contributed by atoms with E-state index in [1.165, 1.54) is 4.31 Å². The predicted octanol–water partition coefficient (Wildman–Crippen LogP) is 1.54. The second-order valence-corrected chi connectivity index (χ2v) is 8.97. The normalized spacial score (nSPS) is 15.6. The van der Waals surface area contributed by atoms with Crippen LogP contribution in [0.1, 0.15) is 17.0 Å². The lowest BCUT2D eigenvalue weighted by Gasteiger charge is -2.26. The van der Waals surface area contributed by atoms with E-state index < -0.39 is 10.0 Å². The fourth-order valence-electron chi connectivity index (χ4n) is 3.25. The van der Waals surface area contributed by atoms with Crippen LogP contribution in [-0.4, -0.2) is 62.0 Å². The molecule has 0 radical (unpaired) electrons. The largest absolute Gasteiger partial charge is 0.379 e. The van der Waals surface area contributed by atoms with Crippen molar-refractivity contribution in [3.05, 3.63) is 47.3 Å². The molecular weight excluding hydrogens is 410 g/mol. The SMILES string of the molecule is CNC(=S)N/N=C/c1cc(C)n(-c2cccc(S(=O)(=O)N3CCOCC3)c2)c1C. The number of aromatic nitrogens is 1. The molecule has 10 heteroatoms. The highest BCUT2D eigenvalue weighted by Gasteiger charge is 2.26. The summed E-state index contributed by atoms with van der Waals surface area (Å²) in [6, 6.07) is 9.00. The molecule has 2 aromatic rings. The van der Waals surface area contributed by atoms with Gasteiger partial charge in [0, 0.05) is 42.8 Å². The second-order valence-electron chi connectivity index (χ2n) is 6.62. The van der Waals surface area contributed by atoms with E-state index in [0.29, 0.717) is 31.4 Å². The molecule has 8 nitrogen and oxygen atoms in total. The Morgan fingerprint density at radius 2 is 1.97 bits per heavy atom. The zero-order chi connectivity index (χ0) is 21.0. The van der Waals surface area contributed by atoms with Crippen molar-refractivity contribution in [2.75, 3.05) is 33.4 Å². The van der Waals surface area contributed by atoms with E-state index >= 15 is 0 Å². The van der Waals surface area contributed by atoms with Crippen LogP contribution in [0.5, 0.6) is 0 Å². The van der Waals surface area contributed by atoms with Gasteiger partial charge in [-0.1, -0.05) is 6.07 Å². The monoisotopic (exact) mass is 435 g/mol. The van der Waals surface area contributed by atoms with Crippen LogP contribution in [0.25, 0.3) is 5.69 Å². The molecule has 0 bridgehead atoms. The number of benzene rings is 1. The Kier molecular flexibility index (Phi) is 6.68. The Bertz CT molecular complexity index is 1020. The van der Waals surface area contributed by atoms with Crippen LogP contribution >= 0.6 is 12.2 Å². The number of aryl methyl sites for hydroxylation is 1. The van der Waals surface area contributed by atoms with Crippen LogP contribution in [0.15, 0.2) is 40.3 Å². The molecule has 0 unspecified atom stereocenters. The van der Waals surface area contributed by atoms with Crippen LogP contribution in [0.2, 0.25) is 0 Å². The van der Waals surface area contributed by atoms with Crippen molar-refractivity contribution in [1.29, 1.82) is 0 Å². The van der Waals surface area contributed by atoms with Gasteiger partial charge in [0.05, 0.1) is 24.3 Å². The molecule has 0 atom stereocenters. The molecule has 29 heavy (non-hydrogen) atoms. The third-order valence-electron chi connectivity index (χ3n) is 4.75. The molecular formula is C19H25N5O3S2. The number of thiocarbonyl (C=S) groups is 1. The fourth-order valence-corrected chi connectivity index (χ4v) is 4.75. The summed E-state index contributed by atoms with van der Waals surface area (Å²) in [5.41, 5.74) is 6.35. The van der Waals surface area contributed by atoms with Gasteiger partial charge in [0.25, 0.3) is 0 Å². The van der Waals surface area contributed by atoms with E-state index in [9.17, 15) is 8.42 Å². The summed E-state index contributed by atoms with van der Waals surface area (Å²) in [5.74, 6) is 0. The molecule has 1 aromatic heterocycles. The predicted molar refractivity (Wildman–Crippen MR) is 117 cm³/mol. The van der Waals surface area contributed by atoms with Gasteiger partial charge in [-0.15, -0.1) is 0 Å². The number of rotatable bonds is 5. The van der Waals surface area contributed by atoms with Gasteiger partial charge >= 0.3 is 0 Å². The minimum absolute atomic E-state index is 0.278. The van der Waals surface area contributed by atoms with Crippen LogP contribution in [0.4, 0.5) is 0 Å². The van der Waals surface area contributed by atoms with E-state index in [0.717, 1.165) is 22.6 Å². The van der Waals surface area contributed by atoms with Crippen molar-refractivity contribution in [3.63, 3.8) is 0 Å². The zero-order valence-electron chi connectivity index (χ0n) is 16.7. The lowest BCUT2D eigenvalue weighted by molar-refractivity contribution is 0.0730. The molecule has 1 aliphatic rings. The number of hydrogen-bond donors (Lipinski definition) is 2. The van der Waals surface area contributed by atoms with Crippen molar-refractivity contribution in [2.24, 2.45) is 5.10 Å². The maximum Gasteiger partial charge on any atom is 0.243 e. The molecule has 0 aliphatic carbocycles. The zero-order valence-corrected chi connectivity index (χ0v) is 18.3. The Labute approximate surface area is 176 Å². The highest BCUT2D eigenvalue weighted by atomic mass is 32.2. The van der Waals surface area contributed by atoms with Gasteiger partial charge in [0.15, 0.2) is 5.11 Å². The molecule has 156 valence electrons. The summed E-state index contributed by atoms with van der Waals surface area (Å²) in [6.45, 7) is 5.52. The molecule has 1 aromatic carbocycles. The molecule has 2 heterocycles. The Balaban J connectivity index is 1.92. The summed E-state index contributed by atoms with van der Waals surface area (Å²) < 4.78 is 34.7. The number of morpholine rings is 1. The average Bonchev–Trinajstić information content (AvgIpc) is 3.01. The van der Waals surface area contributed by atoms with Crippen molar-refractivity contribution >= 4 is 33.6 Å². The molecule has 1 fully saturated rings. The van der Waals surface area contributed by atoms with Gasteiger partial charge in [-0.05, 0) is 50.3 Å². The summed E-state index contributed by atoms with van der Waals surface area (Å²) in [5, 5.41) is 7.35. The standard InChI is InChI=1S/C19H25N5O3S2/c1-14-11-16(13-21-22-19(28)20-3)15(2)24(14)17-5-4-6-18(12-17)29(25,26)23-7-9-27-10-8-23/h4-6,11-13H,7-10H2,1-3H3,(H2,20,22,28)/b21-13+. The molecule has 1 aliphatic heterocycles. The fraction of sp³-hybridized carbons (Fsp3) is 0.368. The van der Waals surface area contributed by atoms with Crippen molar-refractivity contribution in [1.82, 2.24) is 19.6 Å². The van der Waals surface area contributed by atoms with E-state index in [2.05, 4.69) is 15.8 Å². The summed E-state index contributed by atoms with van der Waals surface area (Å²) in [7, 11) is -1.84. The molecule has 0 spiro atoms. The number of sulfonamides is 1. The minimum Gasteiger partial charge on any atom is -0.379 e. The number of nitrogens with zero attached hydrogens (tertiary/aromatic N) is 3. The highest BCUT2D eigenvalue weighted by molar-refractivity contribution is 7.89.